The van der Waals surface area contributed by atoms with E-state index in [4.69, 9.17) is 11.6 Å². The number of halogens is 2. The van der Waals surface area contributed by atoms with Gasteiger partial charge in [-0.2, -0.15) is 0 Å². The third kappa shape index (κ3) is 8.31. The van der Waals surface area contributed by atoms with Crippen molar-refractivity contribution in [3.8, 4) is 0 Å². The minimum atomic E-state index is -0.466. The quantitative estimate of drug-likeness (QED) is 0.527. The van der Waals surface area contributed by atoms with Crippen LogP contribution in [0.25, 0.3) is 0 Å². The number of hydrogen-bond donors (Lipinski definition) is 1. The van der Waals surface area contributed by atoms with Gasteiger partial charge in [0.05, 0.1) is 6.10 Å². The lowest BCUT2D eigenvalue weighted by molar-refractivity contribution is 0.143. The van der Waals surface area contributed by atoms with E-state index < -0.39 is 6.10 Å². The standard InChI is InChI=1S/C9H16ClNO.ClH/c1-3-5-11(6-4-2)8-9(12)7-10;/h3-4,9,12H,1-2,5-8H2;1H. The van der Waals surface area contributed by atoms with E-state index in [0.29, 0.717) is 6.54 Å². The largest absolute Gasteiger partial charge is 0.391 e. The normalized spacial score (nSPS) is 11.9. The molecule has 0 aromatic carbocycles. The first-order chi connectivity index (χ1) is 5.74. The van der Waals surface area contributed by atoms with Crippen LogP contribution in [0.4, 0.5) is 0 Å². The van der Waals surface area contributed by atoms with Crippen molar-refractivity contribution in [2.75, 3.05) is 25.5 Å². The Morgan fingerprint density at radius 1 is 1.31 bits per heavy atom. The Bertz CT molecular complexity index is 132. The van der Waals surface area contributed by atoms with E-state index >= 15 is 0 Å². The maximum atomic E-state index is 9.24. The van der Waals surface area contributed by atoms with E-state index in [0.717, 1.165) is 13.1 Å². The Hall–Kier alpha value is -0.0200. The van der Waals surface area contributed by atoms with Gasteiger partial charge in [-0.1, -0.05) is 12.2 Å². The van der Waals surface area contributed by atoms with Crippen LogP contribution in [0.5, 0.6) is 0 Å². The van der Waals surface area contributed by atoms with Crippen LogP contribution in [-0.4, -0.2) is 41.6 Å². The Morgan fingerprint density at radius 3 is 2.08 bits per heavy atom. The molecule has 0 aromatic rings. The molecular weight excluding hydrogens is 209 g/mol. The highest BCUT2D eigenvalue weighted by Crippen LogP contribution is 1.95. The monoisotopic (exact) mass is 225 g/mol. The summed E-state index contributed by atoms with van der Waals surface area (Å²) in [7, 11) is 0. The summed E-state index contributed by atoms with van der Waals surface area (Å²) in [4.78, 5) is 2.02. The highest BCUT2D eigenvalue weighted by atomic mass is 35.5. The van der Waals surface area contributed by atoms with Crippen molar-refractivity contribution in [1.82, 2.24) is 4.90 Å². The molecule has 4 heteroatoms. The summed E-state index contributed by atoms with van der Waals surface area (Å²) in [6.45, 7) is 9.32. The number of aliphatic hydroxyl groups is 1. The van der Waals surface area contributed by atoms with Crippen LogP contribution in [0, 0.1) is 0 Å². The zero-order valence-electron chi connectivity index (χ0n) is 7.66. The fourth-order valence-corrected chi connectivity index (χ4v) is 1.03. The van der Waals surface area contributed by atoms with Crippen molar-refractivity contribution >= 4 is 24.0 Å². The molecule has 0 fully saturated rings. The highest BCUT2D eigenvalue weighted by Gasteiger charge is 2.07. The predicted molar refractivity (Wildman–Crippen MR) is 60.8 cm³/mol. The van der Waals surface area contributed by atoms with Crippen molar-refractivity contribution in [1.29, 1.82) is 0 Å². The number of aliphatic hydroxyl groups excluding tert-OH is 1. The van der Waals surface area contributed by atoms with Crippen molar-refractivity contribution < 1.29 is 5.11 Å². The van der Waals surface area contributed by atoms with Crippen molar-refractivity contribution in [2.24, 2.45) is 0 Å². The summed E-state index contributed by atoms with van der Waals surface area (Å²) in [5.41, 5.74) is 0. The summed E-state index contributed by atoms with van der Waals surface area (Å²) >= 11 is 5.47. The zero-order valence-corrected chi connectivity index (χ0v) is 9.23. The number of rotatable bonds is 7. The first-order valence-electron chi connectivity index (χ1n) is 3.92. The average Bonchev–Trinajstić information content (AvgIpc) is 2.05. The van der Waals surface area contributed by atoms with Gasteiger partial charge in [0.15, 0.2) is 0 Å². The van der Waals surface area contributed by atoms with Gasteiger partial charge in [0.2, 0.25) is 0 Å². The number of nitrogens with zero attached hydrogens (tertiary/aromatic N) is 1. The van der Waals surface area contributed by atoms with E-state index in [1.165, 1.54) is 0 Å². The first kappa shape index (κ1) is 15.5. The smallest absolute Gasteiger partial charge is 0.0802 e. The van der Waals surface area contributed by atoms with Crippen LogP contribution in [0.1, 0.15) is 0 Å². The lowest BCUT2D eigenvalue weighted by Crippen LogP contribution is -2.33. The van der Waals surface area contributed by atoms with Crippen LogP contribution < -0.4 is 0 Å². The van der Waals surface area contributed by atoms with Crippen LogP contribution >= 0.6 is 24.0 Å². The van der Waals surface area contributed by atoms with Gasteiger partial charge < -0.3 is 5.11 Å². The minimum absolute atomic E-state index is 0. The molecule has 0 radical (unpaired) electrons. The molecule has 0 rings (SSSR count). The molecule has 0 bridgehead atoms. The van der Waals surface area contributed by atoms with Crippen LogP contribution in [0.2, 0.25) is 0 Å². The fraction of sp³-hybridized carbons (Fsp3) is 0.556. The lowest BCUT2D eigenvalue weighted by atomic mass is 10.3. The molecule has 1 N–H and O–H groups in total. The molecule has 1 atom stereocenters. The summed E-state index contributed by atoms with van der Waals surface area (Å²) in [6.07, 6.45) is 3.13. The van der Waals surface area contributed by atoms with Gasteiger partial charge in [0, 0.05) is 25.5 Å². The van der Waals surface area contributed by atoms with Gasteiger partial charge in [0.1, 0.15) is 0 Å². The molecule has 0 aromatic heterocycles. The molecule has 0 heterocycles. The molecule has 0 aliphatic rings. The molecule has 13 heavy (non-hydrogen) atoms. The van der Waals surface area contributed by atoms with Gasteiger partial charge in [-0.25, -0.2) is 0 Å². The second-order valence-electron chi connectivity index (χ2n) is 2.60. The minimum Gasteiger partial charge on any atom is -0.391 e. The van der Waals surface area contributed by atoms with Gasteiger partial charge in [-0.15, -0.1) is 37.2 Å². The second kappa shape index (κ2) is 10.1. The summed E-state index contributed by atoms with van der Waals surface area (Å²) in [6, 6.07) is 0. The Morgan fingerprint density at radius 2 is 1.77 bits per heavy atom. The highest BCUT2D eigenvalue weighted by molar-refractivity contribution is 6.18. The second-order valence-corrected chi connectivity index (χ2v) is 2.91. The molecule has 1 unspecified atom stereocenters. The predicted octanol–water partition coefficient (Wildman–Crippen LogP) is 1.68. The first-order valence-corrected chi connectivity index (χ1v) is 4.46. The molecule has 0 saturated heterocycles. The Labute approximate surface area is 91.3 Å². The van der Waals surface area contributed by atoms with Gasteiger partial charge in [-0.05, 0) is 0 Å². The van der Waals surface area contributed by atoms with Crippen LogP contribution in [0.15, 0.2) is 25.3 Å². The summed E-state index contributed by atoms with van der Waals surface area (Å²) < 4.78 is 0. The SMILES string of the molecule is C=CCN(CC=C)CC(O)CCl.Cl. The van der Waals surface area contributed by atoms with Gasteiger partial charge in [-0.3, -0.25) is 4.90 Å². The van der Waals surface area contributed by atoms with Crippen LogP contribution in [0.3, 0.4) is 0 Å². The molecule has 0 spiro atoms. The molecule has 2 nitrogen and oxygen atoms in total. The van der Waals surface area contributed by atoms with Crippen molar-refractivity contribution in [2.45, 2.75) is 6.10 Å². The van der Waals surface area contributed by atoms with Gasteiger partial charge >= 0.3 is 0 Å². The van der Waals surface area contributed by atoms with Gasteiger partial charge in [0.25, 0.3) is 0 Å². The third-order valence-corrected chi connectivity index (χ3v) is 1.78. The zero-order chi connectivity index (χ0) is 9.40. The molecule has 0 aliphatic carbocycles. The molecule has 0 amide bonds. The summed E-state index contributed by atoms with van der Waals surface area (Å²) in [5.74, 6) is 0.269. The Balaban J connectivity index is 0. The van der Waals surface area contributed by atoms with Crippen molar-refractivity contribution in [3.05, 3.63) is 25.3 Å². The van der Waals surface area contributed by atoms with E-state index in [1.54, 1.807) is 12.2 Å². The lowest BCUT2D eigenvalue weighted by Gasteiger charge is -2.20. The molecule has 78 valence electrons. The Kier molecular flexibility index (Phi) is 12.0. The third-order valence-electron chi connectivity index (χ3n) is 1.42. The number of hydrogen-bond acceptors (Lipinski definition) is 2. The van der Waals surface area contributed by atoms with E-state index in [-0.39, 0.29) is 18.3 Å². The van der Waals surface area contributed by atoms with Crippen LogP contribution in [-0.2, 0) is 0 Å². The molecule has 0 saturated carbocycles. The van der Waals surface area contributed by atoms with E-state index in [2.05, 4.69) is 13.2 Å². The fourth-order valence-electron chi connectivity index (χ4n) is 0.936. The number of alkyl halides is 1. The molecule has 0 aliphatic heterocycles. The average molecular weight is 226 g/mol. The van der Waals surface area contributed by atoms with E-state index in [1.807, 2.05) is 4.90 Å². The summed E-state index contributed by atoms with van der Waals surface area (Å²) in [5, 5.41) is 9.24. The topological polar surface area (TPSA) is 23.5 Å². The molecular formula is C9H17Cl2NO. The van der Waals surface area contributed by atoms with Crippen molar-refractivity contribution in [3.63, 3.8) is 0 Å². The maximum absolute atomic E-state index is 9.24. The van der Waals surface area contributed by atoms with E-state index in [9.17, 15) is 5.11 Å². The maximum Gasteiger partial charge on any atom is 0.0802 e.